The van der Waals surface area contributed by atoms with Gasteiger partial charge in [0.25, 0.3) is 5.91 Å². The number of para-hydroxylation sites is 1. The number of aromatic nitrogens is 2. The summed E-state index contributed by atoms with van der Waals surface area (Å²) in [6.07, 6.45) is 3.01. The monoisotopic (exact) mass is 417 g/mol. The molecule has 30 heavy (non-hydrogen) atoms. The van der Waals surface area contributed by atoms with Crippen LogP contribution in [0.4, 0.5) is 5.13 Å². The highest BCUT2D eigenvalue weighted by Crippen LogP contribution is 2.31. The summed E-state index contributed by atoms with van der Waals surface area (Å²) in [6, 6.07) is 18.7. The number of amides is 1. The van der Waals surface area contributed by atoms with Crippen molar-refractivity contribution < 1.29 is 14.3 Å². The van der Waals surface area contributed by atoms with Gasteiger partial charge < -0.3 is 4.74 Å². The highest BCUT2D eigenvalue weighted by atomic mass is 32.1. The number of anilines is 1. The topological polar surface area (TPSA) is 72.4 Å². The molecule has 2 heterocycles. The van der Waals surface area contributed by atoms with E-state index in [-0.39, 0.29) is 12.5 Å². The average molecular weight is 417 g/mol. The van der Waals surface area contributed by atoms with Gasteiger partial charge in [0, 0.05) is 12.4 Å². The Labute approximate surface area is 177 Å². The molecule has 4 rings (SSSR count). The summed E-state index contributed by atoms with van der Waals surface area (Å²) in [6.45, 7) is 1.96. The highest BCUT2D eigenvalue weighted by Gasteiger charge is 2.22. The minimum Gasteiger partial charge on any atom is -0.452 e. The number of fused-ring (bicyclic) bond motifs is 1. The molecule has 0 aliphatic heterocycles. The number of benzene rings is 2. The zero-order chi connectivity index (χ0) is 20.9. The predicted octanol–water partition coefficient (Wildman–Crippen LogP) is 4.39. The van der Waals surface area contributed by atoms with Crippen LogP contribution in [0.5, 0.6) is 0 Å². The van der Waals surface area contributed by atoms with Crippen molar-refractivity contribution >= 4 is 38.6 Å². The number of carbonyl (C=O) groups is 2. The van der Waals surface area contributed by atoms with Crippen LogP contribution in [-0.2, 0) is 16.1 Å². The fourth-order valence-electron chi connectivity index (χ4n) is 2.99. The molecular formula is C23H19N3O3S. The number of rotatable bonds is 6. The lowest BCUT2D eigenvalue weighted by Gasteiger charge is -2.20. The van der Waals surface area contributed by atoms with E-state index in [0.29, 0.717) is 17.2 Å². The van der Waals surface area contributed by atoms with E-state index in [1.807, 2.05) is 55.5 Å². The molecule has 2 aromatic carbocycles. The fraction of sp³-hybridized carbons (Fsp3) is 0.130. The molecular weight excluding hydrogens is 398 g/mol. The van der Waals surface area contributed by atoms with Gasteiger partial charge in [0.05, 0.1) is 22.3 Å². The lowest BCUT2D eigenvalue weighted by Crippen LogP contribution is -2.34. The smallest absolute Gasteiger partial charge is 0.338 e. The third-order valence-corrected chi connectivity index (χ3v) is 5.61. The summed E-state index contributed by atoms with van der Waals surface area (Å²) in [4.78, 5) is 35.4. The second-order valence-corrected chi connectivity index (χ2v) is 7.70. The number of nitrogens with zero attached hydrogens (tertiary/aromatic N) is 3. The molecule has 4 aromatic rings. The first kappa shape index (κ1) is 19.7. The second-order valence-electron chi connectivity index (χ2n) is 6.70. The number of esters is 1. The Bertz CT molecular complexity index is 1180. The van der Waals surface area contributed by atoms with Crippen molar-refractivity contribution in [3.8, 4) is 0 Å². The third-order valence-electron chi connectivity index (χ3n) is 4.57. The quantitative estimate of drug-likeness (QED) is 0.435. The molecule has 2 aromatic heterocycles. The van der Waals surface area contributed by atoms with Gasteiger partial charge in [0.2, 0.25) is 0 Å². The molecule has 0 atom stereocenters. The van der Waals surface area contributed by atoms with Crippen molar-refractivity contribution in [3.05, 3.63) is 89.7 Å². The van der Waals surface area contributed by atoms with Gasteiger partial charge in [0.15, 0.2) is 11.7 Å². The van der Waals surface area contributed by atoms with Gasteiger partial charge in [-0.2, -0.15) is 0 Å². The van der Waals surface area contributed by atoms with Gasteiger partial charge >= 0.3 is 5.97 Å². The van der Waals surface area contributed by atoms with Crippen LogP contribution in [-0.4, -0.2) is 28.5 Å². The van der Waals surface area contributed by atoms with Crippen LogP contribution in [0.25, 0.3) is 10.2 Å². The maximum Gasteiger partial charge on any atom is 0.338 e. The molecule has 0 saturated carbocycles. The van der Waals surface area contributed by atoms with Crippen LogP contribution in [0.2, 0.25) is 0 Å². The highest BCUT2D eigenvalue weighted by molar-refractivity contribution is 7.22. The van der Waals surface area contributed by atoms with Gasteiger partial charge in [-0.3, -0.25) is 14.7 Å². The van der Waals surface area contributed by atoms with Crippen LogP contribution >= 0.6 is 11.3 Å². The number of thiazole rings is 1. The summed E-state index contributed by atoms with van der Waals surface area (Å²) in [5, 5.41) is 0.577. The van der Waals surface area contributed by atoms with E-state index in [1.54, 1.807) is 17.0 Å². The minimum absolute atomic E-state index is 0.335. The van der Waals surface area contributed by atoms with Gasteiger partial charge in [-0.1, -0.05) is 53.8 Å². The van der Waals surface area contributed by atoms with Crippen LogP contribution in [0, 0.1) is 6.92 Å². The molecule has 0 bridgehead atoms. The van der Waals surface area contributed by atoms with Crippen molar-refractivity contribution in [2.24, 2.45) is 0 Å². The Hall–Kier alpha value is -3.58. The van der Waals surface area contributed by atoms with Crippen LogP contribution in [0.15, 0.2) is 73.1 Å². The van der Waals surface area contributed by atoms with E-state index in [0.717, 1.165) is 21.3 Å². The van der Waals surface area contributed by atoms with Crippen LogP contribution in [0.3, 0.4) is 0 Å². The van der Waals surface area contributed by atoms with E-state index in [4.69, 9.17) is 4.74 Å². The second kappa shape index (κ2) is 8.84. The van der Waals surface area contributed by atoms with E-state index in [1.165, 1.54) is 23.7 Å². The molecule has 0 N–H and O–H groups in total. The number of aryl methyl sites for hydroxylation is 1. The van der Waals surface area contributed by atoms with Gasteiger partial charge in [-0.15, -0.1) is 0 Å². The number of pyridine rings is 1. The van der Waals surface area contributed by atoms with Gasteiger partial charge in [-0.25, -0.2) is 9.78 Å². The summed E-state index contributed by atoms with van der Waals surface area (Å²) < 4.78 is 6.25. The Morgan fingerprint density at radius 3 is 2.50 bits per heavy atom. The minimum atomic E-state index is -0.564. The van der Waals surface area contributed by atoms with Crippen molar-refractivity contribution in [3.63, 3.8) is 0 Å². The summed E-state index contributed by atoms with van der Waals surface area (Å²) >= 11 is 1.44. The summed E-state index contributed by atoms with van der Waals surface area (Å²) in [5.41, 5.74) is 3.23. The Morgan fingerprint density at radius 2 is 1.77 bits per heavy atom. The molecule has 150 valence electrons. The number of ether oxygens (including phenoxy) is 1. The zero-order valence-corrected chi connectivity index (χ0v) is 17.1. The Morgan fingerprint density at radius 1 is 1.00 bits per heavy atom. The Kier molecular flexibility index (Phi) is 5.81. The van der Waals surface area contributed by atoms with Gasteiger partial charge in [0.1, 0.15) is 0 Å². The normalized spacial score (nSPS) is 10.7. The van der Waals surface area contributed by atoms with E-state index in [9.17, 15) is 9.59 Å². The molecule has 0 fully saturated rings. The Balaban J connectivity index is 1.58. The van der Waals surface area contributed by atoms with E-state index >= 15 is 0 Å². The first-order valence-corrected chi connectivity index (χ1v) is 10.2. The van der Waals surface area contributed by atoms with Crippen LogP contribution < -0.4 is 4.90 Å². The number of carbonyl (C=O) groups excluding carboxylic acids is 2. The maximum absolute atomic E-state index is 13.0. The standard InChI is InChI=1S/C23H19N3O3S/c1-16-6-5-9-19-21(16)25-23(30-19)26(14-17-7-3-2-4-8-17)20(27)15-29-22(28)18-10-12-24-13-11-18/h2-13H,14-15H2,1H3. The molecule has 0 saturated heterocycles. The van der Waals surface area contributed by atoms with Crippen LogP contribution in [0.1, 0.15) is 21.5 Å². The fourth-order valence-corrected chi connectivity index (χ4v) is 4.06. The lowest BCUT2D eigenvalue weighted by atomic mass is 10.2. The predicted molar refractivity (Wildman–Crippen MR) is 117 cm³/mol. The molecule has 0 unspecified atom stereocenters. The average Bonchev–Trinajstić information content (AvgIpc) is 3.22. The lowest BCUT2D eigenvalue weighted by molar-refractivity contribution is -0.121. The molecule has 1 amide bonds. The summed E-state index contributed by atoms with van der Waals surface area (Å²) in [5.74, 6) is -0.900. The number of hydrogen-bond acceptors (Lipinski definition) is 6. The molecule has 7 heteroatoms. The van der Waals surface area contributed by atoms with Crippen molar-refractivity contribution in [1.29, 1.82) is 0 Å². The molecule has 0 aliphatic carbocycles. The molecule has 0 aliphatic rings. The zero-order valence-electron chi connectivity index (χ0n) is 16.3. The van der Waals surface area contributed by atoms with Crippen molar-refractivity contribution in [1.82, 2.24) is 9.97 Å². The van der Waals surface area contributed by atoms with Crippen molar-refractivity contribution in [2.45, 2.75) is 13.5 Å². The third kappa shape index (κ3) is 4.36. The summed E-state index contributed by atoms with van der Waals surface area (Å²) in [7, 11) is 0. The van der Waals surface area contributed by atoms with Crippen molar-refractivity contribution in [2.75, 3.05) is 11.5 Å². The van der Waals surface area contributed by atoms with Gasteiger partial charge in [-0.05, 0) is 36.2 Å². The van der Waals surface area contributed by atoms with E-state index < -0.39 is 5.97 Å². The first-order chi connectivity index (χ1) is 14.6. The largest absolute Gasteiger partial charge is 0.452 e. The van der Waals surface area contributed by atoms with E-state index in [2.05, 4.69) is 9.97 Å². The first-order valence-electron chi connectivity index (χ1n) is 9.39. The molecule has 6 nitrogen and oxygen atoms in total. The molecule has 0 radical (unpaired) electrons. The number of hydrogen-bond donors (Lipinski definition) is 0. The SMILES string of the molecule is Cc1cccc2sc(N(Cc3ccccc3)C(=O)COC(=O)c3ccncc3)nc12. The maximum atomic E-state index is 13.0. The molecule has 0 spiro atoms.